The Bertz CT molecular complexity index is 522. The third-order valence-electron chi connectivity index (χ3n) is 3.34. The zero-order valence-corrected chi connectivity index (χ0v) is 12.2. The summed E-state index contributed by atoms with van der Waals surface area (Å²) in [7, 11) is 0. The van der Waals surface area contributed by atoms with E-state index >= 15 is 0 Å². The van der Waals surface area contributed by atoms with Crippen molar-refractivity contribution in [2.45, 2.75) is 39.3 Å². The lowest BCUT2D eigenvalue weighted by molar-refractivity contribution is 0.160. The third kappa shape index (κ3) is 3.92. The van der Waals surface area contributed by atoms with Crippen molar-refractivity contribution in [3.8, 4) is 5.69 Å². The Kier molecular flexibility index (Phi) is 5.32. The molecule has 0 saturated carbocycles. The van der Waals surface area contributed by atoms with E-state index in [-0.39, 0.29) is 6.10 Å². The standard InChI is InChI=1S/C16H23N3O/c1-3-7-16(20)11-17-10-14-12-19(18-13(14)2)15-8-5-4-6-9-15/h4-6,8-9,12,16-17,20H,3,7,10-11H2,1-2H3. The van der Waals surface area contributed by atoms with Gasteiger partial charge in [-0.1, -0.05) is 31.5 Å². The summed E-state index contributed by atoms with van der Waals surface area (Å²) in [5.74, 6) is 0. The topological polar surface area (TPSA) is 50.1 Å². The lowest BCUT2D eigenvalue weighted by Gasteiger charge is -2.09. The first kappa shape index (κ1) is 14.8. The average Bonchev–Trinajstić information content (AvgIpc) is 2.82. The number of aliphatic hydroxyl groups is 1. The summed E-state index contributed by atoms with van der Waals surface area (Å²) in [6, 6.07) is 10.1. The Balaban J connectivity index is 1.95. The molecule has 0 aliphatic heterocycles. The molecule has 0 bridgehead atoms. The predicted molar refractivity (Wildman–Crippen MR) is 80.9 cm³/mol. The van der Waals surface area contributed by atoms with Gasteiger partial charge in [0.15, 0.2) is 0 Å². The van der Waals surface area contributed by atoms with Crippen molar-refractivity contribution >= 4 is 0 Å². The van der Waals surface area contributed by atoms with Gasteiger partial charge in [-0.3, -0.25) is 0 Å². The molecule has 4 nitrogen and oxygen atoms in total. The number of hydrogen-bond donors (Lipinski definition) is 2. The van der Waals surface area contributed by atoms with E-state index in [0.717, 1.165) is 36.3 Å². The van der Waals surface area contributed by atoms with Crippen LogP contribution in [0, 0.1) is 6.92 Å². The van der Waals surface area contributed by atoms with E-state index in [1.54, 1.807) is 0 Å². The van der Waals surface area contributed by atoms with Crippen molar-refractivity contribution in [2.75, 3.05) is 6.54 Å². The molecule has 0 fully saturated rings. The minimum Gasteiger partial charge on any atom is -0.392 e. The zero-order chi connectivity index (χ0) is 14.4. The smallest absolute Gasteiger partial charge is 0.0664 e. The monoisotopic (exact) mass is 273 g/mol. The fourth-order valence-corrected chi connectivity index (χ4v) is 2.19. The van der Waals surface area contributed by atoms with E-state index in [0.29, 0.717) is 6.54 Å². The second kappa shape index (κ2) is 7.22. The molecule has 2 aromatic rings. The van der Waals surface area contributed by atoms with Crippen molar-refractivity contribution in [3.05, 3.63) is 47.8 Å². The highest BCUT2D eigenvalue weighted by Gasteiger charge is 2.07. The van der Waals surface area contributed by atoms with E-state index in [4.69, 9.17) is 0 Å². The molecular weight excluding hydrogens is 250 g/mol. The van der Waals surface area contributed by atoms with Crippen LogP contribution in [-0.2, 0) is 6.54 Å². The highest BCUT2D eigenvalue weighted by Crippen LogP contribution is 2.11. The first-order valence-corrected chi connectivity index (χ1v) is 7.20. The molecule has 0 aliphatic rings. The van der Waals surface area contributed by atoms with Gasteiger partial charge in [0, 0.05) is 24.8 Å². The van der Waals surface area contributed by atoms with E-state index in [1.807, 2.05) is 48.1 Å². The summed E-state index contributed by atoms with van der Waals surface area (Å²) < 4.78 is 1.90. The summed E-state index contributed by atoms with van der Waals surface area (Å²) in [4.78, 5) is 0. The number of nitrogens with zero attached hydrogens (tertiary/aromatic N) is 2. The number of aliphatic hydroxyl groups excluding tert-OH is 1. The number of benzene rings is 1. The van der Waals surface area contributed by atoms with E-state index in [1.165, 1.54) is 0 Å². The van der Waals surface area contributed by atoms with Crippen LogP contribution in [0.15, 0.2) is 36.5 Å². The lowest BCUT2D eigenvalue weighted by Crippen LogP contribution is -2.26. The molecular formula is C16H23N3O. The van der Waals surface area contributed by atoms with Crippen molar-refractivity contribution in [3.63, 3.8) is 0 Å². The average molecular weight is 273 g/mol. The number of nitrogens with one attached hydrogen (secondary N) is 1. The van der Waals surface area contributed by atoms with Crippen LogP contribution < -0.4 is 5.32 Å². The Hall–Kier alpha value is -1.65. The second-order valence-electron chi connectivity index (χ2n) is 5.09. The summed E-state index contributed by atoms with van der Waals surface area (Å²) in [6.45, 7) is 5.46. The minimum atomic E-state index is -0.260. The highest BCUT2D eigenvalue weighted by atomic mass is 16.3. The number of aromatic nitrogens is 2. The molecule has 2 rings (SSSR count). The predicted octanol–water partition coefficient (Wildman–Crippen LogP) is 2.43. The summed E-state index contributed by atoms with van der Waals surface area (Å²) in [5, 5.41) is 17.5. The molecule has 1 aromatic heterocycles. The molecule has 0 radical (unpaired) electrons. The van der Waals surface area contributed by atoms with Gasteiger partial charge in [-0.05, 0) is 25.5 Å². The lowest BCUT2D eigenvalue weighted by atomic mass is 10.2. The van der Waals surface area contributed by atoms with Crippen LogP contribution in [0.1, 0.15) is 31.0 Å². The van der Waals surface area contributed by atoms with Crippen LogP contribution in [0.4, 0.5) is 0 Å². The van der Waals surface area contributed by atoms with Gasteiger partial charge in [0.2, 0.25) is 0 Å². The van der Waals surface area contributed by atoms with Gasteiger partial charge in [0.1, 0.15) is 0 Å². The first-order valence-electron chi connectivity index (χ1n) is 7.20. The maximum absolute atomic E-state index is 9.70. The number of para-hydroxylation sites is 1. The van der Waals surface area contributed by atoms with Crippen LogP contribution in [0.25, 0.3) is 5.69 Å². The van der Waals surface area contributed by atoms with E-state index < -0.39 is 0 Å². The first-order chi connectivity index (χ1) is 9.70. The van der Waals surface area contributed by atoms with Gasteiger partial charge < -0.3 is 10.4 Å². The van der Waals surface area contributed by atoms with Crippen molar-refractivity contribution in [1.82, 2.24) is 15.1 Å². The zero-order valence-electron chi connectivity index (χ0n) is 12.2. The summed E-state index contributed by atoms with van der Waals surface area (Å²) >= 11 is 0. The summed E-state index contributed by atoms with van der Waals surface area (Å²) in [6.07, 6.45) is 3.64. The molecule has 108 valence electrons. The molecule has 4 heteroatoms. The number of hydrogen-bond acceptors (Lipinski definition) is 3. The molecule has 0 amide bonds. The van der Waals surface area contributed by atoms with Crippen LogP contribution in [-0.4, -0.2) is 27.5 Å². The van der Waals surface area contributed by atoms with E-state index in [9.17, 15) is 5.11 Å². The molecule has 1 unspecified atom stereocenters. The van der Waals surface area contributed by atoms with Gasteiger partial charge >= 0.3 is 0 Å². The Morgan fingerprint density at radius 2 is 2.05 bits per heavy atom. The molecule has 0 aliphatic carbocycles. The SMILES string of the molecule is CCCC(O)CNCc1cn(-c2ccccc2)nc1C. The highest BCUT2D eigenvalue weighted by molar-refractivity contribution is 5.32. The maximum Gasteiger partial charge on any atom is 0.0664 e. The summed E-state index contributed by atoms with van der Waals surface area (Å²) in [5.41, 5.74) is 3.25. The van der Waals surface area contributed by atoms with Gasteiger partial charge in [-0.25, -0.2) is 4.68 Å². The molecule has 1 heterocycles. The minimum absolute atomic E-state index is 0.260. The number of aryl methyl sites for hydroxylation is 1. The second-order valence-corrected chi connectivity index (χ2v) is 5.09. The van der Waals surface area contributed by atoms with Crippen molar-refractivity contribution in [1.29, 1.82) is 0 Å². The third-order valence-corrected chi connectivity index (χ3v) is 3.34. The Morgan fingerprint density at radius 3 is 2.75 bits per heavy atom. The number of rotatable bonds is 7. The van der Waals surface area contributed by atoms with Gasteiger partial charge in [0.25, 0.3) is 0 Å². The van der Waals surface area contributed by atoms with E-state index in [2.05, 4.69) is 17.3 Å². The molecule has 0 spiro atoms. The van der Waals surface area contributed by atoms with Crippen molar-refractivity contribution in [2.24, 2.45) is 0 Å². The molecule has 1 aromatic carbocycles. The Morgan fingerprint density at radius 1 is 1.30 bits per heavy atom. The quantitative estimate of drug-likeness (QED) is 0.814. The van der Waals surface area contributed by atoms with Crippen LogP contribution >= 0.6 is 0 Å². The normalized spacial score (nSPS) is 12.6. The van der Waals surface area contributed by atoms with Gasteiger partial charge in [-0.15, -0.1) is 0 Å². The van der Waals surface area contributed by atoms with Crippen LogP contribution in [0.3, 0.4) is 0 Å². The fraction of sp³-hybridized carbons (Fsp3) is 0.438. The molecule has 1 atom stereocenters. The van der Waals surface area contributed by atoms with Gasteiger partial charge in [0.05, 0.1) is 17.5 Å². The maximum atomic E-state index is 9.70. The van der Waals surface area contributed by atoms with Crippen molar-refractivity contribution < 1.29 is 5.11 Å². The fourth-order valence-electron chi connectivity index (χ4n) is 2.19. The Labute approximate surface area is 120 Å². The van der Waals surface area contributed by atoms with Crippen LogP contribution in [0.5, 0.6) is 0 Å². The molecule has 2 N–H and O–H groups in total. The van der Waals surface area contributed by atoms with Crippen LogP contribution in [0.2, 0.25) is 0 Å². The molecule has 0 saturated heterocycles. The molecule has 20 heavy (non-hydrogen) atoms. The van der Waals surface area contributed by atoms with Gasteiger partial charge in [-0.2, -0.15) is 5.10 Å². The largest absolute Gasteiger partial charge is 0.392 e.